The summed E-state index contributed by atoms with van der Waals surface area (Å²) in [6.45, 7) is 3.73. The van der Waals surface area contributed by atoms with Crippen LogP contribution in [0.4, 0.5) is 11.5 Å². The summed E-state index contributed by atoms with van der Waals surface area (Å²) in [6.07, 6.45) is 4.31. The standard InChI is InChI=1S/C20H24N4O3S/c25-19(16-4-1-2-8-24(16)20(26)17-5-3-13-28-17)22-18-7-6-15(14-21-18)23-9-11-27-12-10-23/h3,5-7,13-14,16H,1-2,4,8-12H2,(H,21,22,25). The number of likely N-dealkylation sites (tertiary alicyclic amines) is 1. The van der Waals surface area contributed by atoms with Crippen LogP contribution in [0.1, 0.15) is 28.9 Å². The third kappa shape index (κ3) is 4.18. The zero-order valence-corrected chi connectivity index (χ0v) is 16.5. The molecule has 4 heterocycles. The van der Waals surface area contributed by atoms with Gasteiger partial charge in [-0.05, 0) is 42.8 Å². The Morgan fingerprint density at radius 3 is 2.71 bits per heavy atom. The molecule has 0 saturated carbocycles. The number of nitrogens with zero attached hydrogens (tertiary/aromatic N) is 3. The van der Waals surface area contributed by atoms with Gasteiger partial charge in [0.1, 0.15) is 11.9 Å². The highest BCUT2D eigenvalue weighted by atomic mass is 32.1. The van der Waals surface area contributed by atoms with E-state index in [1.807, 2.05) is 29.6 Å². The largest absolute Gasteiger partial charge is 0.378 e. The molecule has 0 aromatic carbocycles. The highest BCUT2D eigenvalue weighted by Crippen LogP contribution is 2.23. The Morgan fingerprint density at radius 1 is 1.14 bits per heavy atom. The Bertz CT molecular complexity index is 803. The fourth-order valence-corrected chi connectivity index (χ4v) is 4.35. The summed E-state index contributed by atoms with van der Waals surface area (Å²) in [4.78, 5) is 34.6. The van der Waals surface area contributed by atoms with Gasteiger partial charge in [0.15, 0.2) is 0 Å². The van der Waals surface area contributed by atoms with Gasteiger partial charge in [0, 0.05) is 19.6 Å². The van der Waals surface area contributed by atoms with Crippen LogP contribution < -0.4 is 10.2 Å². The Balaban J connectivity index is 1.42. The van der Waals surface area contributed by atoms with Crippen molar-refractivity contribution in [1.29, 1.82) is 0 Å². The number of thiophene rings is 1. The highest BCUT2D eigenvalue weighted by molar-refractivity contribution is 7.12. The molecular weight excluding hydrogens is 376 g/mol. The number of ether oxygens (including phenoxy) is 1. The number of hydrogen-bond donors (Lipinski definition) is 1. The van der Waals surface area contributed by atoms with Gasteiger partial charge in [-0.3, -0.25) is 9.59 Å². The summed E-state index contributed by atoms with van der Waals surface area (Å²) in [5.74, 6) is 0.276. The number of hydrogen-bond acceptors (Lipinski definition) is 6. The van der Waals surface area contributed by atoms with E-state index in [0.29, 0.717) is 36.9 Å². The Labute approximate surface area is 168 Å². The fourth-order valence-electron chi connectivity index (χ4n) is 3.67. The predicted molar refractivity (Wildman–Crippen MR) is 109 cm³/mol. The number of anilines is 2. The van der Waals surface area contributed by atoms with Gasteiger partial charge in [-0.25, -0.2) is 4.98 Å². The van der Waals surface area contributed by atoms with E-state index >= 15 is 0 Å². The molecule has 2 aliphatic heterocycles. The maximum absolute atomic E-state index is 12.9. The molecule has 28 heavy (non-hydrogen) atoms. The van der Waals surface area contributed by atoms with Gasteiger partial charge in [0.2, 0.25) is 5.91 Å². The zero-order chi connectivity index (χ0) is 19.3. The molecule has 2 saturated heterocycles. The van der Waals surface area contributed by atoms with Gasteiger partial charge in [-0.1, -0.05) is 6.07 Å². The average Bonchev–Trinajstić information content (AvgIpc) is 3.29. The lowest BCUT2D eigenvalue weighted by Gasteiger charge is -2.34. The van der Waals surface area contributed by atoms with Crippen LogP contribution in [0, 0.1) is 0 Å². The van der Waals surface area contributed by atoms with Gasteiger partial charge in [-0.2, -0.15) is 0 Å². The first-order chi connectivity index (χ1) is 13.7. The number of carbonyl (C=O) groups is 2. The molecular formula is C20H24N4O3S. The molecule has 1 unspecified atom stereocenters. The first kappa shape index (κ1) is 18.9. The number of carbonyl (C=O) groups excluding carboxylic acids is 2. The van der Waals surface area contributed by atoms with Crippen LogP contribution in [-0.2, 0) is 9.53 Å². The third-order valence-corrected chi connectivity index (χ3v) is 6.03. The minimum Gasteiger partial charge on any atom is -0.378 e. The lowest BCUT2D eigenvalue weighted by atomic mass is 10.0. The summed E-state index contributed by atoms with van der Waals surface area (Å²) in [7, 11) is 0. The normalized spacial score (nSPS) is 20.1. The van der Waals surface area contributed by atoms with E-state index in [9.17, 15) is 9.59 Å². The van der Waals surface area contributed by atoms with E-state index in [1.165, 1.54) is 11.3 Å². The molecule has 0 radical (unpaired) electrons. The molecule has 2 aliphatic rings. The van der Waals surface area contributed by atoms with Gasteiger partial charge in [-0.15, -0.1) is 11.3 Å². The third-order valence-electron chi connectivity index (χ3n) is 5.17. The monoisotopic (exact) mass is 400 g/mol. The molecule has 0 spiro atoms. The van der Waals surface area contributed by atoms with Gasteiger partial charge < -0.3 is 19.9 Å². The Hall–Kier alpha value is -2.45. The first-order valence-corrected chi connectivity index (χ1v) is 10.5. The minimum absolute atomic E-state index is 0.0644. The van der Waals surface area contributed by atoms with Crippen LogP contribution in [0.5, 0.6) is 0 Å². The van der Waals surface area contributed by atoms with Crippen molar-refractivity contribution in [3.05, 3.63) is 40.7 Å². The van der Waals surface area contributed by atoms with E-state index in [4.69, 9.17) is 4.74 Å². The second kappa shape index (κ2) is 8.70. The molecule has 8 heteroatoms. The SMILES string of the molecule is O=C(Nc1ccc(N2CCOCC2)cn1)C1CCCCN1C(=O)c1cccs1. The number of aromatic nitrogens is 1. The molecule has 0 bridgehead atoms. The van der Waals surface area contributed by atoms with Crippen LogP contribution in [0.3, 0.4) is 0 Å². The number of piperidine rings is 1. The topological polar surface area (TPSA) is 74.8 Å². The lowest BCUT2D eigenvalue weighted by molar-refractivity contribution is -0.121. The first-order valence-electron chi connectivity index (χ1n) is 9.66. The van der Waals surface area contributed by atoms with Crippen LogP contribution in [-0.4, -0.2) is 60.6 Å². The fraction of sp³-hybridized carbons (Fsp3) is 0.450. The summed E-state index contributed by atoms with van der Waals surface area (Å²) >= 11 is 1.41. The molecule has 2 aromatic heterocycles. The van der Waals surface area contributed by atoms with Crippen molar-refractivity contribution in [2.45, 2.75) is 25.3 Å². The number of amides is 2. The molecule has 1 atom stereocenters. The summed E-state index contributed by atoms with van der Waals surface area (Å²) in [6, 6.07) is 6.99. The Morgan fingerprint density at radius 2 is 2.00 bits per heavy atom. The van der Waals surface area contributed by atoms with Crippen LogP contribution in [0.25, 0.3) is 0 Å². The van der Waals surface area contributed by atoms with Crippen molar-refractivity contribution in [3.8, 4) is 0 Å². The van der Waals surface area contributed by atoms with Gasteiger partial charge in [0.05, 0.1) is 30.0 Å². The van der Waals surface area contributed by atoms with Crippen LogP contribution >= 0.6 is 11.3 Å². The van der Waals surface area contributed by atoms with Crippen LogP contribution in [0.2, 0.25) is 0 Å². The average molecular weight is 401 g/mol. The summed E-state index contributed by atoms with van der Waals surface area (Å²) in [5.41, 5.74) is 1.02. The lowest BCUT2D eigenvalue weighted by Crippen LogP contribution is -2.49. The van der Waals surface area contributed by atoms with E-state index in [2.05, 4.69) is 15.2 Å². The predicted octanol–water partition coefficient (Wildman–Crippen LogP) is 2.61. The molecule has 2 aromatic rings. The molecule has 2 fully saturated rings. The van der Waals surface area contributed by atoms with Crippen molar-refractivity contribution in [2.24, 2.45) is 0 Å². The molecule has 2 amide bonds. The van der Waals surface area contributed by atoms with E-state index < -0.39 is 6.04 Å². The number of morpholine rings is 1. The number of rotatable bonds is 4. The van der Waals surface area contributed by atoms with Gasteiger partial charge >= 0.3 is 0 Å². The maximum atomic E-state index is 12.9. The van der Waals surface area contributed by atoms with Crippen molar-refractivity contribution in [3.63, 3.8) is 0 Å². The summed E-state index contributed by atoms with van der Waals surface area (Å²) < 4.78 is 5.37. The minimum atomic E-state index is -0.455. The van der Waals surface area contributed by atoms with E-state index in [-0.39, 0.29) is 11.8 Å². The highest BCUT2D eigenvalue weighted by Gasteiger charge is 2.33. The van der Waals surface area contributed by atoms with Crippen molar-refractivity contribution in [1.82, 2.24) is 9.88 Å². The molecule has 0 aliphatic carbocycles. The van der Waals surface area contributed by atoms with Crippen molar-refractivity contribution < 1.29 is 14.3 Å². The van der Waals surface area contributed by atoms with Crippen LogP contribution in [0.15, 0.2) is 35.8 Å². The molecule has 7 nitrogen and oxygen atoms in total. The number of pyridine rings is 1. The zero-order valence-electron chi connectivity index (χ0n) is 15.7. The molecule has 1 N–H and O–H groups in total. The quantitative estimate of drug-likeness (QED) is 0.854. The smallest absolute Gasteiger partial charge is 0.264 e. The number of nitrogens with one attached hydrogen (secondary N) is 1. The van der Waals surface area contributed by atoms with Crippen molar-refractivity contribution in [2.75, 3.05) is 43.1 Å². The maximum Gasteiger partial charge on any atom is 0.264 e. The van der Waals surface area contributed by atoms with Crippen molar-refractivity contribution >= 4 is 34.7 Å². The van der Waals surface area contributed by atoms with E-state index in [0.717, 1.165) is 31.6 Å². The van der Waals surface area contributed by atoms with Gasteiger partial charge in [0.25, 0.3) is 5.91 Å². The van der Waals surface area contributed by atoms with E-state index in [1.54, 1.807) is 11.1 Å². The second-order valence-corrected chi connectivity index (χ2v) is 7.93. The second-order valence-electron chi connectivity index (χ2n) is 6.98. The summed E-state index contributed by atoms with van der Waals surface area (Å²) in [5, 5.41) is 4.77. The molecule has 148 valence electrons. The molecule has 4 rings (SSSR count). The Kier molecular flexibility index (Phi) is 5.87.